The summed E-state index contributed by atoms with van der Waals surface area (Å²) in [6.07, 6.45) is -2.40. The predicted molar refractivity (Wildman–Crippen MR) is 107 cm³/mol. The molecule has 29 heavy (non-hydrogen) atoms. The summed E-state index contributed by atoms with van der Waals surface area (Å²) in [5.74, 6) is -0.305. The molecule has 0 bridgehead atoms. The summed E-state index contributed by atoms with van der Waals surface area (Å²) in [6.45, 7) is 1.08. The van der Waals surface area contributed by atoms with Crippen molar-refractivity contribution >= 4 is 21.6 Å². The van der Waals surface area contributed by atoms with Crippen LogP contribution in [0.25, 0.3) is 0 Å². The van der Waals surface area contributed by atoms with E-state index in [2.05, 4.69) is 0 Å². The van der Waals surface area contributed by atoms with Crippen LogP contribution in [-0.2, 0) is 10.0 Å². The third kappa shape index (κ3) is 4.91. The first-order valence-corrected chi connectivity index (χ1v) is 10.7. The smallest absolute Gasteiger partial charge is 0.264 e. The van der Waals surface area contributed by atoms with E-state index in [-0.39, 0.29) is 22.9 Å². The van der Waals surface area contributed by atoms with Crippen molar-refractivity contribution in [1.82, 2.24) is 9.80 Å². The number of amides is 1. The Bertz CT molecular complexity index is 946. The molecule has 3 rings (SSSR count). The maximum absolute atomic E-state index is 13.0. The normalized spacial score (nSPS) is 15.5. The van der Waals surface area contributed by atoms with Gasteiger partial charge in [0.2, 0.25) is 0 Å². The minimum atomic E-state index is -3.83. The highest BCUT2D eigenvalue weighted by molar-refractivity contribution is 7.92. The molecule has 0 unspecified atom stereocenters. The number of carbonyl (C=O) groups excluding carboxylic acids is 1. The van der Waals surface area contributed by atoms with E-state index in [9.17, 15) is 22.0 Å². The number of sulfonamides is 1. The quantitative estimate of drug-likeness (QED) is 0.717. The van der Waals surface area contributed by atoms with Crippen molar-refractivity contribution in [2.75, 3.05) is 44.1 Å². The van der Waals surface area contributed by atoms with Gasteiger partial charge < -0.3 is 4.90 Å². The number of piperazine rings is 1. The summed E-state index contributed by atoms with van der Waals surface area (Å²) in [4.78, 5) is 16.0. The first kappa shape index (κ1) is 21.2. The Labute approximate surface area is 169 Å². The van der Waals surface area contributed by atoms with Crippen LogP contribution in [0.15, 0.2) is 59.5 Å². The Morgan fingerprint density at radius 2 is 1.69 bits per heavy atom. The van der Waals surface area contributed by atoms with Crippen LogP contribution >= 0.6 is 0 Å². The van der Waals surface area contributed by atoms with Gasteiger partial charge in [0.15, 0.2) is 0 Å². The number of rotatable bonds is 6. The fraction of sp³-hybridized carbons (Fsp3) is 0.350. The van der Waals surface area contributed by atoms with Gasteiger partial charge in [0, 0.05) is 38.8 Å². The zero-order valence-electron chi connectivity index (χ0n) is 16.0. The largest absolute Gasteiger partial charge is 0.336 e. The topological polar surface area (TPSA) is 60.9 Å². The van der Waals surface area contributed by atoms with Gasteiger partial charge >= 0.3 is 0 Å². The van der Waals surface area contributed by atoms with Crippen LogP contribution in [0, 0.1) is 0 Å². The second kappa shape index (κ2) is 8.87. The molecule has 2 aromatic carbocycles. The predicted octanol–water partition coefficient (Wildman–Crippen LogP) is 2.53. The van der Waals surface area contributed by atoms with E-state index in [0.717, 1.165) is 0 Å². The van der Waals surface area contributed by atoms with Crippen LogP contribution in [0.2, 0.25) is 0 Å². The van der Waals surface area contributed by atoms with Gasteiger partial charge in [-0.3, -0.25) is 14.0 Å². The minimum Gasteiger partial charge on any atom is -0.336 e. The maximum atomic E-state index is 13.0. The number of alkyl halides is 2. The third-order valence-electron chi connectivity index (χ3n) is 4.91. The van der Waals surface area contributed by atoms with Gasteiger partial charge in [-0.1, -0.05) is 24.3 Å². The third-order valence-corrected chi connectivity index (χ3v) is 6.70. The maximum Gasteiger partial charge on any atom is 0.264 e. The van der Waals surface area contributed by atoms with Crippen molar-refractivity contribution in [3.8, 4) is 0 Å². The second-order valence-electron chi connectivity index (χ2n) is 6.82. The summed E-state index contributed by atoms with van der Waals surface area (Å²) >= 11 is 0. The fourth-order valence-electron chi connectivity index (χ4n) is 3.24. The second-order valence-corrected chi connectivity index (χ2v) is 8.79. The average Bonchev–Trinajstić information content (AvgIpc) is 2.73. The highest BCUT2D eigenvalue weighted by Crippen LogP contribution is 2.23. The molecule has 1 heterocycles. The Hall–Kier alpha value is -2.52. The van der Waals surface area contributed by atoms with Gasteiger partial charge in [0.05, 0.1) is 17.1 Å². The van der Waals surface area contributed by atoms with Crippen molar-refractivity contribution in [2.45, 2.75) is 11.3 Å². The molecule has 0 aromatic heterocycles. The zero-order chi connectivity index (χ0) is 21.0. The van der Waals surface area contributed by atoms with Crippen molar-refractivity contribution < 1.29 is 22.0 Å². The molecule has 0 saturated carbocycles. The molecule has 0 N–H and O–H groups in total. The molecule has 1 saturated heterocycles. The monoisotopic (exact) mass is 423 g/mol. The van der Waals surface area contributed by atoms with Gasteiger partial charge in [-0.25, -0.2) is 17.2 Å². The van der Waals surface area contributed by atoms with Gasteiger partial charge in [-0.05, 0) is 30.3 Å². The van der Waals surface area contributed by atoms with E-state index >= 15 is 0 Å². The van der Waals surface area contributed by atoms with Crippen molar-refractivity contribution in [3.05, 3.63) is 60.2 Å². The number of carbonyl (C=O) groups is 1. The lowest BCUT2D eigenvalue weighted by molar-refractivity contribution is 0.0459. The zero-order valence-corrected chi connectivity index (χ0v) is 16.9. The highest BCUT2D eigenvalue weighted by Gasteiger charge is 2.26. The molecule has 0 radical (unpaired) electrons. The average molecular weight is 423 g/mol. The lowest BCUT2D eigenvalue weighted by Crippen LogP contribution is -2.49. The number of hydrogen-bond donors (Lipinski definition) is 0. The molecule has 9 heteroatoms. The van der Waals surface area contributed by atoms with Gasteiger partial charge in [-0.2, -0.15) is 0 Å². The van der Waals surface area contributed by atoms with Crippen LogP contribution in [0.3, 0.4) is 0 Å². The first-order valence-electron chi connectivity index (χ1n) is 9.23. The number of anilines is 1. The summed E-state index contributed by atoms with van der Waals surface area (Å²) in [7, 11) is -2.37. The minimum absolute atomic E-state index is 0.0195. The lowest BCUT2D eigenvalue weighted by Gasteiger charge is -2.34. The first-order chi connectivity index (χ1) is 13.8. The Balaban J connectivity index is 1.75. The SMILES string of the molecule is CN(c1ccccc1)S(=O)(=O)c1cccc(C(=O)N2CCN(CC(F)F)CC2)c1. The van der Waals surface area contributed by atoms with Crippen LogP contribution < -0.4 is 4.31 Å². The molecule has 1 fully saturated rings. The van der Waals surface area contributed by atoms with Gasteiger partial charge in [0.25, 0.3) is 22.4 Å². The molecule has 1 aliphatic rings. The molecular weight excluding hydrogens is 400 g/mol. The molecule has 0 spiro atoms. The van der Waals surface area contributed by atoms with E-state index < -0.39 is 16.4 Å². The Kier molecular flexibility index (Phi) is 6.49. The summed E-state index contributed by atoms with van der Waals surface area (Å²) in [5.41, 5.74) is 0.772. The molecule has 6 nitrogen and oxygen atoms in total. The van der Waals surface area contributed by atoms with Crippen molar-refractivity contribution in [1.29, 1.82) is 0 Å². The Morgan fingerprint density at radius 3 is 2.31 bits per heavy atom. The number of para-hydroxylation sites is 1. The van der Waals surface area contributed by atoms with E-state index in [1.807, 2.05) is 0 Å². The van der Waals surface area contributed by atoms with Crippen LogP contribution in [0.1, 0.15) is 10.4 Å². The van der Waals surface area contributed by atoms with E-state index in [4.69, 9.17) is 0 Å². The Morgan fingerprint density at radius 1 is 1.03 bits per heavy atom. The molecule has 0 aliphatic carbocycles. The summed E-state index contributed by atoms with van der Waals surface area (Å²) in [5, 5.41) is 0. The van der Waals surface area contributed by atoms with E-state index in [0.29, 0.717) is 31.9 Å². The summed E-state index contributed by atoms with van der Waals surface area (Å²) in [6, 6.07) is 14.6. The number of hydrogen-bond acceptors (Lipinski definition) is 4. The van der Waals surface area contributed by atoms with Crippen molar-refractivity contribution in [2.24, 2.45) is 0 Å². The fourth-order valence-corrected chi connectivity index (χ4v) is 4.48. The molecule has 156 valence electrons. The van der Waals surface area contributed by atoms with E-state index in [1.54, 1.807) is 46.2 Å². The summed E-state index contributed by atoms with van der Waals surface area (Å²) < 4.78 is 52.1. The molecule has 0 atom stereocenters. The van der Waals surface area contributed by atoms with Crippen LogP contribution in [-0.4, -0.2) is 70.3 Å². The highest BCUT2D eigenvalue weighted by atomic mass is 32.2. The van der Waals surface area contributed by atoms with Gasteiger partial charge in [0.1, 0.15) is 0 Å². The number of nitrogens with zero attached hydrogens (tertiary/aromatic N) is 3. The number of benzene rings is 2. The van der Waals surface area contributed by atoms with Gasteiger partial charge in [-0.15, -0.1) is 0 Å². The molecule has 2 aromatic rings. The molecule has 1 aliphatic heterocycles. The van der Waals surface area contributed by atoms with Crippen LogP contribution in [0.5, 0.6) is 0 Å². The molecular formula is C20H23F2N3O3S. The molecule has 1 amide bonds. The van der Waals surface area contributed by atoms with Crippen molar-refractivity contribution in [3.63, 3.8) is 0 Å². The van der Waals surface area contributed by atoms with E-state index in [1.165, 1.54) is 29.6 Å². The number of halogens is 2. The lowest BCUT2D eigenvalue weighted by atomic mass is 10.2. The van der Waals surface area contributed by atoms with Crippen LogP contribution in [0.4, 0.5) is 14.5 Å². The standard InChI is InChI=1S/C20H23F2N3O3S/c1-23(17-7-3-2-4-8-17)29(27,28)18-9-5-6-16(14-18)20(26)25-12-10-24(11-13-25)15-19(21)22/h2-9,14,19H,10-13,15H2,1H3.